The highest BCUT2D eigenvalue weighted by Crippen LogP contribution is 2.24. The Labute approximate surface area is 129 Å². The molecule has 2 nitrogen and oxygen atoms in total. The van der Waals surface area contributed by atoms with Gasteiger partial charge in [0.15, 0.2) is 0 Å². The van der Waals surface area contributed by atoms with Crippen molar-refractivity contribution in [3.8, 4) is 5.75 Å². The zero-order chi connectivity index (χ0) is 15.4. The maximum absolute atomic E-state index is 13.4. The van der Waals surface area contributed by atoms with Crippen LogP contribution < -0.4 is 10.1 Å². The van der Waals surface area contributed by atoms with E-state index in [0.29, 0.717) is 12.6 Å². The highest BCUT2D eigenvalue weighted by atomic mass is 35.5. The highest BCUT2D eigenvalue weighted by Gasteiger charge is 2.07. The summed E-state index contributed by atoms with van der Waals surface area (Å²) in [5, 5.41) is 3.33. The van der Waals surface area contributed by atoms with Crippen molar-refractivity contribution in [2.75, 3.05) is 7.05 Å². The fourth-order valence-electron chi connectivity index (χ4n) is 2.06. The summed E-state index contributed by atoms with van der Waals surface area (Å²) in [4.78, 5) is 0. The third kappa shape index (κ3) is 3.96. The van der Waals surface area contributed by atoms with E-state index < -0.39 is 5.82 Å². The van der Waals surface area contributed by atoms with Gasteiger partial charge in [-0.05, 0) is 55.8 Å². The number of halogens is 2. The molecule has 2 aromatic carbocycles. The minimum Gasteiger partial charge on any atom is -0.489 e. The molecule has 0 saturated carbocycles. The van der Waals surface area contributed by atoms with Crippen molar-refractivity contribution in [3.05, 3.63) is 63.9 Å². The Balaban J connectivity index is 2.07. The van der Waals surface area contributed by atoms with Gasteiger partial charge < -0.3 is 10.1 Å². The van der Waals surface area contributed by atoms with Crippen molar-refractivity contribution >= 4 is 11.6 Å². The van der Waals surface area contributed by atoms with Gasteiger partial charge in [-0.1, -0.05) is 29.8 Å². The van der Waals surface area contributed by atoms with E-state index in [1.807, 2.05) is 26.1 Å². The van der Waals surface area contributed by atoms with Crippen molar-refractivity contribution in [1.29, 1.82) is 0 Å². The van der Waals surface area contributed by atoms with Crippen molar-refractivity contribution in [1.82, 2.24) is 5.32 Å². The van der Waals surface area contributed by atoms with Crippen molar-refractivity contribution in [3.63, 3.8) is 0 Å². The second-order valence-corrected chi connectivity index (χ2v) is 5.48. The van der Waals surface area contributed by atoms with Crippen molar-refractivity contribution < 1.29 is 9.13 Å². The van der Waals surface area contributed by atoms with Crippen LogP contribution in [0.25, 0.3) is 0 Å². The Kier molecular flexibility index (Phi) is 5.21. The molecule has 112 valence electrons. The molecule has 0 radical (unpaired) electrons. The molecule has 0 spiro atoms. The molecule has 0 aromatic heterocycles. The van der Waals surface area contributed by atoms with Crippen LogP contribution in [0.5, 0.6) is 5.75 Å². The molecule has 1 atom stereocenters. The molecule has 1 unspecified atom stereocenters. The maximum Gasteiger partial charge on any atom is 0.142 e. The van der Waals surface area contributed by atoms with Gasteiger partial charge in [-0.2, -0.15) is 0 Å². The number of ether oxygens (including phenoxy) is 1. The van der Waals surface area contributed by atoms with E-state index in [2.05, 4.69) is 18.3 Å². The number of benzene rings is 2. The first-order valence-electron chi connectivity index (χ1n) is 6.86. The Hall–Kier alpha value is -1.58. The average Bonchev–Trinajstić information content (AvgIpc) is 2.48. The second kappa shape index (κ2) is 6.92. The summed E-state index contributed by atoms with van der Waals surface area (Å²) >= 11 is 5.66. The molecule has 0 bridgehead atoms. The largest absolute Gasteiger partial charge is 0.489 e. The first-order valence-corrected chi connectivity index (χ1v) is 7.23. The fourth-order valence-corrected chi connectivity index (χ4v) is 2.18. The molecule has 21 heavy (non-hydrogen) atoms. The van der Waals surface area contributed by atoms with E-state index in [4.69, 9.17) is 16.3 Å². The van der Waals surface area contributed by atoms with Gasteiger partial charge in [-0.15, -0.1) is 0 Å². The Bertz CT molecular complexity index is 630. The summed E-state index contributed by atoms with van der Waals surface area (Å²) in [6.07, 6.45) is 0. The lowest BCUT2D eigenvalue weighted by Gasteiger charge is -2.14. The molecular formula is C17H19ClFNO. The van der Waals surface area contributed by atoms with Crippen LogP contribution in [0.2, 0.25) is 5.02 Å². The smallest absolute Gasteiger partial charge is 0.142 e. The van der Waals surface area contributed by atoms with Gasteiger partial charge in [0.2, 0.25) is 0 Å². The number of hydrogen-bond donors (Lipinski definition) is 1. The van der Waals surface area contributed by atoms with Gasteiger partial charge in [0.25, 0.3) is 0 Å². The van der Waals surface area contributed by atoms with Crippen LogP contribution in [0.4, 0.5) is 4.39 Å². The summed E-state index contributed by atoms with van der Waals surface area (Å²) in [6, 6.07) is 11.1. The van der Waals surface area contributed by atoms with E-state index in [1.165, 1.54) is 11.6 Å². The van der Waals surface area contributed by atoms with E-state index in [0.717, 1.165) is 16.9 Å². The first kappa shape index (κ1) is 15.8. The van der Waals surface area contributed by atoms with Crippen LogP contribution in [-0.4, -0.2) is 7.05 Å². The maximum atomic E-state index is 13.4. The van der Waals surface area contributed by atoms with Gasteiger partial charge in [0.1, 0.15) is 18.2 Å². The van der Waals surface area contributed by atoms with Gasteiger partial charge in [0, 0.05) is 6.04 Å². The van der Waals surface area contributed by atoms with Gasteiger partial charge in [0.05, 0.1) is 5.02 Å². The molecule has 0 aliphatic carbocycles. The van der Waals surface area contributed by atoms with Gasteiger partial charge in [-0.3, -0.25) is 0 Å². The molecule has 0 amide bonds. The van der Waals surface area contributed by atoms with E-state index in [-0.39, 0.29) is 5.02 Å². The fraction of sp³-hybridized carbons (Fsp3) is 0.294. The van der Waals surface area contributed by atoms with Crippen molar-refractivity contribution in [2.45, 2.75) is 26.5 Å². The Morgan fingerprint density at radius 2 is 2.00 bits per heavy atom. The van der Waals surface area contributed by atoms with Crippen molar-refractivity contribution in [2.24, 2.45) is 0 Å². The standard InChI is InChI=1S/C17H19ClFNO/c1-11-8-14(12(2)20-3)5-7-17(11)21-10-13-4-6-15(18)16(19)9-13/h4-9,12,20H,10H2,1-3H3. The number of nitrogens with one attached hydrogen (secondary N) is 1. The molecule has 0 aliphatic rings. The molecule has 1 N–H and O–H groups in total. The molecule has 2 aromatic rings. The SMILES string of the molecule is CNC(C)c1ccc(OCc2ccc(Cl)c(F)c2)c(C)c1. The number of rotatable bonds is 5. The predicted octanol–water partition coefficient (Wildman–Crippen LogP) is 4.65. The van der Waals surface area contributed by atoms with Crippen LogP contribution in [0.15, 0.2) is 36.4 Å². The van der Waals surface area contributed by atoms with Crippen LogP contribution in [0, 0.1) is 12.7 Å². The van der Waals surface area contributed by atoms with Gasteiger partial charge in [-0.25, -0.2) is 4.39 Å². The Morgan fingerprint density at radius 1 is 1.24 bits per heavy atom. The van der Waals surface area contributed by atoms with E-state index in [1.54, 1.807) is 12.1 Å². The molecule has 2 rings (SSSR count). The molecular weight excluding hydrogens is 289 g/mol. The second-order valence-electron chi connectivity index (χ2n) is 5.07. The van der Waals surface area contributed by atoms with E-state index >= 15 is 0 Å². The third-order valence-corrected chi connectivity index (χ3v) is 3.82. The third-order valence-electron chi connectivity index (χ3n) is 3.51. The summed E-state index contributed by atoms with van der Waals surface area (Å²) in [7, 11) is 1.93. The van der Waals surface area contributed by atoms with E-state index in [9.17, 15) is 4.39 Å². The van der Waals surface area contributed by atoms with Gasteiger partial charge >= 0.3 is 0 Å². The lowest BCUT2D eigenvalue weighted by atomic mass is 10.1. The number of aryl methyl sites for hydroxylation is 1. The normalized spacial score (nSPS) is 12.2. The molecule has 0 saturated heterocycles. The molecule has 0 fully saturated rings. The number of hydrogen-bond acceptors (Lipinski definition) is 2. The summed E-state index contributed by atoms with van der Waals surface area (Å²) in [6.45, 7) is 4.42. The topological polar surface area (TPSA) is 21.3 Å². The molecule has 0 aliphatic heterocycles. The Morgan fingerprint density at radius 3 is 2.62 bits per heavy atom. The monoisotopic (exact) mass is 307 g/mol. The van der Waals surface area contributed by atoms with Crippen LogP contribution in [0.3, 0.4) is 0 Å². The first-order chi connectivity index (χ1) is 10.0. The van der Waals surface area contributed by atoms with Crippen LogP contribution >= 0.6 is 11.6 Å². The zero-order valence-electron chi connectivity index (χ0n) is 12.4. The zero-order valence-corrected chi connectivity index (χ0v) is 13.2. The lowest BCUT2D eigenvalue weighted by Crippen LogP contribution is -2.12. The lowest BCUT2D eigenvalue weighted by molar-refractivity contribution is 0.303. The summed E-state index contributed by atoms with van der Waals surface area (Å²) in [5.41, 5.74) is 3.02. The van der Waals surface area contributed by atoms with Crippen LogP contribution in [-0.2, 0) is 6.61 Å². The molecule has 0 heterocycles. The summed E-state index contributed by atoms with van der Waals surface area (Å²) < 4.78 is 19.1. The minimum absolute atomic E-state index is 0.125. The predicted molar refractivity (Wildman–Crippen MR) is 84.4 cm³/mol. The summed E-state index contributed by atoms with van der Waals surface area (Å²) in [5.74, 6) is 0.380. The molecule has 4 heteroatoms. The minimum atomic E-state index is -0.423. The van der Waals surface area contributed by atoms with Crippen LogP contribution in [0.1, 0.15) is 29.7 Å². The average molecular weight is 308 g/mol. The highest BCUT2D eigenvalue weighted by molar-refractivity contribution is 6.30. The quantitative estimate of drug-likeness (QED) is 0.868.